The van der Waals surface area contributed by atoms with E-state index in [-0.39, 0.29) is 12.1 Å². The van der Waals surface area contributed by atoms with Crippen LogP contribution < -0.4 is 0 Å². The van der Waals surface area contributed by atoms with Crippen LogP contribution in [-0.4, -0.2) is 59.0 Å². The number of unbranched alkanes of at least 4 members (excludes halogenated alkanes) is 1. The van der Waals surface area contributed by atoms with E-state index in [2.05, 4.69) is 35.2 Å². The SMILES string of the molecule is CC1(O)CCOC2(CCN(CCCCc3ccccc3)CC2)C1.O=CO. The third-order valence-electron chi connectivity index (χ3n) is 5.55. The van der Waals surface area contributed by atoms with Crippen LogP contribution in [0.4, 0.5) is 0 Å². The first-order valence-electron chi connectivity index (χ1n) is 9.69. The summed E-state index contributed by atoms with van der Waals surface area (Å²) in [6, 6.07) is 10.8. The molecule has 26 heavy (non-hydrogen) atoms. The summed E-state index contributed by atoms with van der Waals surface area (Å²) in [5, 5.41) is 17.2. The van der Waals surface area contributed by atoms with Crippen LogP contribution in [0.25, 0.3) is 0 Å². The Hall–Kier alpha value is -1.43. The molecule has 1 atom stereocenters. The van der Waals surface area contributed by atoms with Gasteiger partial charge in [-0.05, 0) is 57.6 Å². The van der Waals surface area contributed by atoms with Gasteiger partial charge in [-0.2, -0.15) is 0 Å². The van der Waals surface area contributed by atoms with Crippen molar-refractivity contribution in [3.05, 3.63) is 35.9 Å². The Morgan fingerprint density at radius 1 is 1.15 bits per heavy atom. The number of piperidine rings is 1. The van der Waals surface area contributed by atoms with Crippen molar-refractivity contribution < 1.29 is 19.7 Å². The summed E-state index contributed by atoms with van der Waals surface area (Å²) in [7, 11) is 0. The topological polar surface area (TPSA) is 70.0 Å². The van der Waals surface area contributed by atoms with Crippen LogP contribution in [0.15, 0.2) is 30.3 Å². The summed E-state index contributed by atoms with van der Waals surface area (Å²) in [6.45, 7) is 5.85. The normalized spacial score (nSPS) is 25.3. The summed E-state index contributed by atoms with van der Waals surface area (Å²) in [6.07, 6.45) is 7.44. The number of rotatable bonds is 5. The molecule has 0 radical (unpaired) electrons. The number of aliphatic hydroxyl groups is 1. The van der Waals surface area contributed by atoms with Gasteiger partial charge in [-0.3, -0.25) is 4.79 Å². The Morgan fingerprint density at radius 2 is 1.81 bits per heavy atom. The van der Waals surface area contributed by atoms with Crippen molar-refractivity contribution in [3.63, 3.8) is 0 Å². The average Bonchev–Trinajstić information content (AvgIpc) is 2.61. The van der Waals surface area contributed by atoms with Gasteiger partial charge in [-0.15, -0.1) is 0 Å². The number of likely N-dealkylation sites (tertiary alicyclic amines) is 1. The minimum atomic E-state index is -0.532. The second-order valence-electron chi connectivity index (χ2n) is 7.84. The van der Waals surface area contributed by atoms with Gasteiger partial charge in [0, 0.05) is 19.5 Å². The number of carbonyl (C=O) groups is 1. The second kappa shape index (κ2) is 10.0. The molecule has 2 aliphatic heterocycles. The van der Waals surface area contributed by atoms with Gasteiger partial charge < -0.3 is 19.8 Å². The number of hydrogen-bond acceptors (Lipinski definition) is 4. The van der Waals surface area contributed by atoms with E-state index in [9.17, 15) is 5.11 Å². The Kier molecular flexibility index (Phi) is 8.07. The van der Waals surface area contributed by atoms with Crippen molar-refractivity contribution >= 4 is 6.47 Å². The summed E-state index contributed by atoms with van der Waals surface area (Å²) >= 11 is 0. The standard InChI is InChI=1S/C20H31NO2.CH2O2/c1-19(22)12-16-23-20(17-19)10-14-21(15-11-20)13-6-5-9-18-7-3-2-4-8-18;2-1-3/h2-4,7-8,22H,5-6,9-17H2,1H3;1H,(H,2,3). The van der Waals surface area contributed by atoms with E-state index < -0.39 is 5.60 Å². The molecule has 0 saturated carbocycles. The molecule has 1 spiro atoms. The molecule has 1 unspecified atom stereocenters. The van der Waals surface area contributed by atoms with Gasteiger partial charge in [0.25, 0.3) is 6.47 Å². The molecule has 0 aliphatic carbocycles. The highest BCUT2D eigenvalue weighted by atomic mass is 16.5. The maximum atomic E-state index is 10.3. The van der Waals surface area contributed by atoms with E-state index in [1.54, 1.807) is 0 Å². The lowest BCUT2D eigenvalue weighted by molar-refractivity contribution is -0.172. The van der Waals surface area contributed by atoms with E-state index in [0.717, 1.165) is 38.8 Å². The van der Waals surface area contributed by atoms with Crippen LogP contribution >= 0.6 is 0 Å². The van der Waals surface area contributed by atoms with Crippen LogP contribution in [0.2, 0.25) is 0 Å². The molecule has 146 valence electrons. The van der Waals surface area contributed by atoms with Gasteiger partial charge >= 0.3 is 0 Å². The molecule has 0 aromatic heterocycles. The zero-order valence-corrected chi connectivity index (χ0v) is 15.9. The highest BCUT2D eigenvalue weighted by molar-refractivity contribution is 5.32. The fourth-order valence-electron chi connectivity index (χ4n) is 4.14. The highest BCUT2D eigenvalue weighted by Crippen LogP contribution is 2.39. The molecule has 1 aromatic rings. The van der Waals surface area contributed by atoms with Crippen molar-refractivity contribution in [2.45, 2.75) is 63.1 Å². The minimum absolute atomic E-state index is 0.0533. The maximum absolute atomic E-state index is 10.3. The quantitative estimate of drug-likeness (QED) is 0.621. The van der Waals surface area contributed by atoms with Gasteiger partial charge in [0.15, 0.2) is 0 Å². The molecule has 2 fully saturated rings. The predicted molar refractivity (Wildman–Crippen MR) is 102 cm³/mol. The Bertz CT molecular complexity index is 524. The first kappa shape index (κ1) is 20.9. The van der Waals surface area contributed by atoms with Crippen molar-refractivity contribution in [2.24, 2.45) is 0 Å². The van der Waals surface area contributed by atoms with Gasteiger partial charge in [0.05, 0.1) is 17.8 Å². The Morgan fingerprint density at radius 3 is 2.42 bits per heavy atom. The molecule has 3 rings (SSSR count). The molecule has 0 bridgehead atoms. The second-order valence-corrected chi connectivity index (χ2v) is 7.84. The van der Waals surface area contributed by atoms with Gasteiger partial charge in [0.1, 0.15) is 0 Å². The molecule has 2 saturated heterocycles. The Balaban J connectivity index is 0.000000758. The van der Waals surface area contributed by atoms with E-state index in [1.807, 2.05) is 6.92 Å². The average molecular weight is 363 g/mol. The predicted octanol–water partition coefficient (Wildman–Crippen LogP) is 3.11. The number of ether oxygens (including phenoxy) is 1. The number of carboxylic acid groups (broad SMARTS) is 1. The van der Waals surface area contributed by atoms with Gasteiger partial charge in [-0.1, -0.05) is 30.3 Å². The van der Waals surface area contributed by atoms with Crippen LogP contribution in [0.1, 0.15) is 51.0 Å². The molecule has 2 N–H and O–H groups in total. The Labute approximate surface area is 157 Å². The van der Waals surface area contributed by atoms with Crippen molar-refractivity contribution in [1.82, 2.24) is 4.90 Å². The van der Waals surface area contributed by atoms with Crippen molar-refractivity contribution in [2.75, 3.05) is 26.2 Å². The van der Waals surface area contributed by atoms with Crippen LogP contribution in [0.5, 0.6) is 0 Å². The monoisotopic (exact) mass is 363 g/mol. The molecule has 5 heteroatoms. The minimum Gasteiger partial charge on any atom is -0.483 e. The zero-order valence-electron chi connectivity index (χ0n) is 15.9. The molecular formula is C21H33NO4. The smallest absolute Gasteiger partial charge is 0.290 e. The van der Waals surface area contributed by atoms with Crippen LogP contribution in [0.3, 0.4) is 0 Å². The molecule has 1 aromatic carbocycles. The number of nitrogens with zero attached hydrogens (tertiary/aromatic N) is 1. The summed E-state index contributed by atoms with van der Waals surface area (Å²) in [5.74, 6) is 0. The van der Waals surface area contributed by atoms with E-state index in [1.165, 1.54) is 31.4 Å². The molecule has 5 nitrogen and oxygen atoms in total. The lowest BCUT2D eigenvalue weighted by atomic mass is 9.78. The molecule has 0 amide bonds. The fraction of sp³-hybridized carbons (Fsp3) is 0.667. The number of hydrogen-bond donors (Lipinski definition) is 2. The van der Waals surface area contributed by atoms with Crippen LogP contribution in [0, 0.1) is 0 Å². The first-order chi connectivity index (χ1) is 12.5. The third kappa shape index (κ3) is 6.71. The lowest BCUT2D eigenvalue weighted by Crippen LogP contribution is -2.53. The number of aryl methyl sites for hydroxylation is 1. The first-order valence-corrected chi connectivity index (χ1v) is 9.69. The third-order valence-corrected chi connectivity index (χ3v) is 5.55. The molecule has 2 heterocycles. The lowest BCUT2D eigenvalue weighted by Gasteiger charge is -2.48. The zero-order chi connectivity index (χ0) is 18.9. The highest BCUT2D eigenvalue weighted by Gasteiger charge is 2.44. The summed E-state index contributed by atoms with van der Waals surface area (Å²) in [4.78, 5) is 10.9. The van der Waals surface area contributed by atoms with Gasteiger partial charge in [-0.25, -0.2) is 0 Å². The number of benzene rings is 1. The van der Waals surface area contributed by atoms with Crippen LogP contribution in [-0.2, 0) is 16.0 Å². The summed E-state index contributed by atoms with van der Waals surface area (Å²) in [5.41, 5.74) is 0.862. The van der Waals surface area contributed by atoms with E-state index in [4.69, 9.17) is 14.6 Å². The fourth-order valence-corrected chi connectivity index (χ4v) is 4.14. The van der Waals surface area contributed by atoms with Crippen molar-refractivity contribution in [1.29, 1.82) is 0 Å². The van der Waals surface area contributed by atoms with Gasteiger partial charge in [0.2, 0.25) is 0 Å². The van der Waals surface area contributed by atoms with E-state index >= 15 is 0 Å². The van der Waals surface area contributed by atoms with Crippen molar-refractivity contribution in [3.8, 4) is 0 Å². The largest absolute Gasteiger partial charge is 0.483 e. The maximum Gasteiger partial charge on any atom is 0.290 e. The summed E-state index contributed by atoms with van der Waals surface area (Å²) < 4.78 is 6.09. The molecular weight excluding hydrogens is 330 g/mol. The van der Waals surface area contributed by atoms with E-state index in [0.29, 0.717) is 6.61 Å². The molecule has 2 aliphatic rings.